The number of carbonyl (C=O) groups is 1. The van der Waals surface area contributed by atoms with Crippen molar-refractivity contribution in [3.63, 3.8) is 0 Å². The monoisotopic (exact) mass is 325 g/mol. The van der Waals surface area contributed by atoms with Gasteiger partial charge in [-0.05, 0) is 30.5 Å². The fourth-order valence-corrected chi connectivity index (χ4v) is 3.11. The molecule has 2 fully saturated rings. The molecule has 2 N–H and O–H groups in total. The second-order valence-corrected chi connectivity index (χ2v) is 6.25. The zero-order valence-corrected chi connectivity index (χ0v) is 13.0. The number of aryl methyl sites for hydroxylation is 1. The number of amides is 1. The molecule has 0 unspecified atom stereocenters. The van der Waals surface area contributed by atoms with E-state index in [2.05, 4.69) is 5.32 Å². The fraction of sp³-hybridized carbons (Fsp3) is 0.562. The molecular formula is C16H20ClNO4. The van der Waals surface area contributed by atoms with Crippen LogP contribution in [0.15, 0.2) is 24.3 Å². The lowest BCUT2D eigenvalue weighted by molar-refractivity contribution is -0.122. The normalized spacial score (nSPS) is 30.3. The maximum atomic E-state index is 12.0. The van der Waals surface area contributed by atoms with Crippen LogP contribution >= 0.6 is 11.6 Å². The van der Waals surface area contributed by atoms with Gasteiger partial charge in [0, 0.05) is 11.4 Å². The Bertz CT molecular complexity index is 521. The lowest BCUT2D eigenvalue weighted by Crippen LogP contribution is -2.44. The van der Waals surface area contributed by atoms with Crippen molar-refractivity contribution in [1.29, 1.82) is 0 Å². The van der Waals surface area contributed by atoms with Crippen LogP contribution in [0.2, 0.25) is 5.02 Å². The molecule has 22 heavy (non-hydrogen) atoms. The Balaban J connectivity index is 1.40. The number of hydrogen-bond acceptors (Lipinski definition) is 4. The summed E-state index contributed by atoms with van der Waals surface area (Å²) < 4.78 is 11.0. The number of fused-ring (bicyclic) bond motifs is 1. The largest absolute Gasteiger partial charge is 0.388 e. The number of aliphatic hydroxyl groups is 1. The topological polar surface area (TPSA) is 67.8 Å². The minimum Gasteiger partial charge on any atom is -0.388 e. The van der Waals surface area contributed by atoms with E-state index in [1.807, 2.05) is 24.3 Å². The summed E-state index contributed by atoms with van der Waals surface area (Å²) in [5.41, 5.74) is 1.17. The van der Waals surface area contributed by atoms with Gasteiger partial charge in [0.1, 0.15) is 18.3 Å². The zero-order chi connectivity index (χ0) is 15.5. The van der Waals surface area contributed by atoms with Crippen LogP contribution in [0.25, 0.3) is 0 Å². The molecule has 0 bridgehead atoms. The molecule has 2 heterocycles. The Labute approximate surface area is 134 Å². The molecule has 1 amide bonds. The number of hydrogen-bond donors (Lipinski definition) is 2. The van der Waals surface area contributed by atoms with Gasteiger partial charge >= 0.3 is 0 Å². The highest BCUT2D eigenvalue weighted by Crippen LogP contribution is 2.27. The first kappa shape index (κ1) is 15.7. The Morgan fingerprint density at radius 3 is 2.73 bits per heavy atom. The van der Waals surface area contributed by atoms with E-state index in [0.717, 1.165) is 17.9 Å². The van der Waals surface area contributed by atoms with E-state index in [-0.39, 0.29) is 30.8 Å². The molecule has 2 aliphatic heterocycles. The van der Waals surface area contributed by atoms with Crippen molar-refractivity contribution in [3.05, 3.63) is 34.9 Å². The number of aliphatic hydroxyl groups excluding tert-OH is 1. The molecule has 6 heteroatoms. The average Bonchev–Trinajstić information content (AvgIpc) is 3.06. The van der Waals surface area contributed by atoms with Crippen LogP contribution in [0, 0.1) is 0 Å². The van der Waals surface area contributed by atoms with Gasteiger partial charge in [-0.2, -0.15) is 0 Å². The summed E-state index contributed by atoms with van der Waals surface area (Å²) in [5, 5.41) is 13.3. The molecule has 0 saturated carbocycles. The Hall–Kier alpha value is -1.14. The van der Waals surface area contributed by atoms with Crippen LogP contribution in [-0.2, 0) is 20.7 Å². The summed E-state index contributed by atoms with van der Waals surface area (Å²) >= 11 is 5.84. The lowest BCUT2D eigenvalue weighted by atomic mass is 10.1. The first-order chi connectivity index (χ1) is 10.6. The van der Waals surface area contributed by atoms with E-state index in [9.17, 15) is 9.90 Å². The maximum Gasteiger partial charge on any atom is 0.220 e. The number of rotatable bonds is 5. The van der Waals surface area contributed by atoms with Crippen LogP contribution < -0.4 is 5.32 Å². The summed E-state index contributed by atoms with van der Waals surface area (Å²) in [7, 11) is 0. The second kappa shape index (κ2) is 6.96. The van der Waals surface area contributed by atoms with Crippen molar-refractivity contribution in [2.24, 2.45) is 0 Å². The van der Waals surface area contributed by atoms with E-state index < -0.39 is 6.10 Å². The Kier molecular flexibility index (Phi) is 4.98. The fourth-order valence-electron chi connectivity index (χ4n) is 2.99. The molecule has 3 rings (SSSR count). The average molecular weight is 326 g/mol. The molecule has 0 aromatic heterocycles. The summed E-state index contributed by atoms with van der Waals surface area (Å²) in [5.74, 6) is -0.00629. The van der Waals surface area contributed by atoms with Crippen molar-refractivity contribution >= 4 is 17.5 Å². The Morgan fingerprint density at radius 1 is 1.23 bits per heavy atom. The third kappa shape index (κ3) is 3.60. The molecule has 2 aliphatic rings. The highest BCUT2D eigenvalue weighted by molar-refractivity contribution is 6.30. The molecule has 2 saturated heterocycles. The third-order valence-corrected chi connectivity index (χ3v) is 4.41. The minimum absolute atomic E-state index is 0.00629. The van der Waals surface area contributed by atoms with Gasteiger partial charge < -0.3 is 19.9 Å². The smallest absolute Gasteiger partial charge is 0.220 e. The summed E-state index contributed by atoms with van der Waals surface area (Å²) in [6.07, 6.45) is 0.955. The van der Waals surface area contributed by atoms with Crippen LogP contribution in [0.3, 0.4) is 0 Å². The number of halogens is 1. The van der Waals surface area contributed by atoms with E-state index in [1.54, 1.807) is 0 Å². The van der Waals surface area contributed by atoms with Crippen LogP contribution in [-0.4, -0.2) is 48.6 Å². The summed E-state index contributed by atoms with van der Waals surface area (Å²) in [6, 6.07) is 7.50. The van der Waals surface area contributed by atoms with Gasteiger partial charge in [-0.3, -0.25) is 4.79 Å². The second-order valence-electron chi connectivity index (χ2n) is 5.82. The van der Waals surface area contributed by atoms with Gasteiger partial charge in [-0.1, -0.05) is 23.7 Å². The van der Waals surface area contributed by atoms with Crippen LogP contribution in [0.1, 0.15) is 18.4 Å². The van der Waals surface area contributed by atoms with E-state index in [1.165, 1.54) is 5.56 Å². The zero-order valence-electron chi connectivity index (χ0n) is 12.2. The van der Waals surface area contributed by atoms with Crippen molar-refractivity contribution in [2.45, 2.75) is 43.6 Å². The predicted molar refractivity (Wildman–Crippen MR) is 81.8 cm³/mol. The van der Waals surface area contributed by atoms with Crippen molar-refractivity contribution < 1.29 is 19.4 Å². The first-order valence-corrected chi connectivity index (χ1v) is 7.96. The third-order valence-electron chi connectivity index (χ3n) is 4.16. The quantitative estimate of drug-likeness (QED) is 0.856. The van der Waals surface area contributed by atoms with Crippen molar-refractivity contribution in [2.75, 3.05) is 13.2 Å². The first-order valence-electron chi connectivity index (χ1n) is 7.58. The van der Waals surface area contributed by atoms with Crippen molar-refractivity contribution in [3.8, 4) is 0 Å². The minimum atomic E-state index is -0.586. The molecule has 0 radical (unpaired) electrons. The van der Waals surface area contributed by atoms with E-state index in [4.69, 9.17) is 21.1 Å². The summed E-state index contributed by atoms with van der Waals surface area (Å²) in [6.45, 7) is 0.674. The van der Waals surface area contributed by atoms with E-state index in [0.29, 0.717) is 13.0 Å². The molecule has 0 spiro atoms. The van der Waals surface area contributed by atoms with Gasteiger partial charge in [0.2, 0.25) is 5.91 Å². The van der Waals surface area contributed by atoms with Gasteiger partial charge in [-0.15, -0.1) is 0 Å². The summed E-state index contributed by atoms with van der Waals surface area (Å²) in [4.78, 5) is 12.0. The molecule has 4 atom stereocenters. The lowest BCUT2D eigenvalue weighted by Gasteiger charge is -2.17. The molecule has 120 valence electrons. The van der Waals surface area contributed by atoms with Gasteiger partial charge in [-0.25, -0.2) is 0 Å². The predicted octanol–water partition coefficient (Wildman–Crippen LogP) is 1.31. The maximum absolute atomic E-state index is 12.0. The molecule has 5 nitrogen and oxygen atoms in total. The standard InChI is InChI=1S/C16H20ClNO4/c17-11-6-4-10(5-7-11)2-1-3-14(20)18-12-8-21-16-13(19)9-22-15(12)16/h4-7,12-13,15-16,19H,1-3,8-9H2,(H,18,20)/t12-,13-,15-,16-/m1/s1. The van der Waals surface area contributed by atoms with E-state index >= 15 is 0 Å². The van der Waals surface area contributed by atoms with Crippen LogP contribution in [0.4, 0.5) is 0 Å². The number of ether oxygens (including phenoxy) is 2. The highest BCUT2D eigenvalue weighted by Gasteiger charge is 2.47. The van der Waals surface area contributed by atoms with Gasteiger partial charge in [0.15, 0.2) is 0 Å². The molecule has 1 aromatic rings. The molecule has 1 aromatic carbocycles. The Morgan fingerprint density at radius 2 is 1.95 bits per heavy atom. The molecular weight excluding hydrogens is 306 g/mol. The van der Waals surface area contributed by atoms with Gasteiger partial charge in [0.25, 0.3) is 0 Å². The molecule has 0 aliphatic carbocycles. The number of benzene rings is 1. The highest BCUT2D eigenvalue weighted by atomic mass is 35.5. The number of carbonyl (C=O) groups excluding carboxylic acids is 1. The van der Waals surface area contributed by atoms with Gasteiger partial charge in [0.05, 0.1) is 19.3 Å². The van der Waals surface area contributed by atoms with Crippen LogP contribution in [0.5, 0.6) is 0 Å². The van der Waals surface area contributed by atoms with Crippen molar-refractivity contribution in [1.82, 2.24) is 5.32 Å². The number of nitrogens with one attached hydrogen (secondary N) is 1. The SMILES string of the molecule is O=C(CCCc1ccc(Cl)cc1)N[C@@H]1CO[C@H]2[C@@H]1OC[C@H]2O.